The van der Waals surface area contributed by atoms with Gasteiger partial charge in [-0.3, -0.25) is 0 Å². The van der Waals surface area contributed by atoms with Crippen LogP contribution in [-0.4, -0.2) is 6.54 Å². The van der Waals surface area contributed by atoms with Crippen molar-refractivity contribution in [2.24, 2.45) is 0 Å². The minimum Gasteiger partial charge on any atom is -0.312 e. The van der Waals surface area contributed by atoms with Gasteiger partial charge < -0.3 is 5.32 Å². The van der Waals surface area contributed by atoms with E-state index >= 15 is 0 Å². The van der Waals surface area contributed by atoms with Crippen molar-refractivity contribution in [1.29, 1.82) is 0 Å². The second-order valence-corrected chi connectivity index (χ2v) is 4.90. The first-order valence-electron chi connectivity index (χ1n) is 6.67. The van der Waals surface area contributed by atoms with E-state index in [4.69, 9.17) is 0 Å². The molecule has 2 rings (SSSR count). The van der Waals surface area contributed by atoms with Crippen molar-refractivity contribution >= 4 is 0 Å². The van der Waals surface area contributed by atoms with Crippen molar-refractivity contribution in [3.63, 3.8) is 0 Å². The summed E-state index contributed by atoms with van der Waals surface area (Å²) in [5, 5.41) is 3.55. The molecule has 1 heteroatoms. The fourth-order valence-electron chi connectivity index (χ4n) is 2.75. The summed E-state index contributed by atoms with van der Waals surface area (Å²) < 4.78 is 0. The van der Waals surface area contributed by atoms with E-state index in [-0.39, 0.29) is 0 Å². The van der Waals surface area contributed by atoms with Gasteiger partial charge in [0.05, 0.1) is 0 Å². The maximum Gasteiger partial charge on any atom is 0.0208 e. The summed E-state index contributed by atoms with van der Waals surface area (Å²) in [7, 11) is 0. The van der Waals surface area contributed by atoms with E-state index in [0.29, 0.717) is 0 Å². The van der Waals surface area contributed by atoms with E-state index in [1.54, 1.807) is 5.56 Å². The van der Waals surface area contributed by atoms with E-state index in [0.717, 1.165) is 19.0 Å². The molecule has 88 valence electrons. The lowest BCUT2D eigenvalue weighted by molar-refractivity contribution is 0.509. The Hall–Kier alpha value is -0.820. The van der Waals surface area contributed by atoms with Gasteiger partial charge in [-0.25, -0.2) is 0 Å². The Kier molecular flexibility index (Phi) is 4.00. The quantitative estimate of drug-likeness (QED) is 0.812. The van der Waals surface area contributed by atoms with Crippen molar-refractivity contribution in [2.75, 3.05) is 6.54 Å². The summed E-state index contributed by atoms with van der Waals surface area (Å²) in [5.74, 6) is 0.740. The average Bonchev–Trinajstić information content (AvgIpc) is 2.30. The minimum atomic E-state index is 0.740. The van der Waals surface area contributed by atoms with Crippen LogP contribution < -0.4 is 5.32 Å². The van der Waals surface area contributed by atoms with Gasteiger partial charge in [-0.05, 0) is 35.4 Å². The van der Waals surface area contributed by atoms with Crippen LogP contribution in [0.1, 0.15) is 55.7 Å². The molecule has 0 spiro atoms. The highest BCUT2D eigenvalue weighted by Crippen LogP contribution is 2.28. The maximum atomic E-state index is 3.55. The fourth-order valence-corrected chi connectivity index (χ4v) is 2.75. The van der Waals surface area contributed by atoms with Crippen LogP contribution >= 0.6 is 0 Å². The third-order valence-electron chi connectivity index (χ3n) is 3.53. The molecule has 0 saturated heterocycles. The molecular formula is C15H23N. The molecule has 1 atom stereocenters. The number of benzene rings is 1. The highest BCUT2D eigenvalue weighted by molar-refractivity contribution is 5.36. The van der Waals surface area contributed by atoms with Gasteiger partial charge in [0.1, 0.15) is 0 Å². The Balaban J connectivity index is 2.22. The van der Waals surface area contributed by atoms with Gasteiger partial charge in [-0.1, -0.05) is 44.9 Å². The first-order valence-corrected chi connectivity index (χ1v) is 6.67. The largest absolute Gasteiger partial charge is 0.312 e. The Labute approximate surface area is 99.3 Å². The number of hydrogen-bond donors (Lipinski definition) is 1. The highest BCUT2D eigenvalue weighted by Gasteiger charge is 2.18. The molecule has 1 aliphatic rings. The third-order valence-corrected chi connectivity index (χ3v) is 3.53. The van der Waals surface area contributed by atoms with Crippen LogP contribution in [0.2, 0.25) is 0 Å². The van der Waals surface area contributed by atoms with E-state index in [1.165, 1.54) is 36.8 Å². The molecule has 0 bridgehead atoms. The summed E-state index contributed by atoms with van der Waals surface area (Å²) >= 11 is 0. The molecule has 16 heavy (non-hydrogen) atoms. The van der Waals surface area contributed by atoms with Gasteiger partial charge in [0.15, 0.2) is 0 Å². The average molecular weight is 217 g/mol. The zero-order chi connectivity index (χ0) is 11.4. The van der Waals surface area contributed by atoms with E-state index in [1.807, 2.05) is 0 Å². The van der Waals surface area contributed by atoms with E-state index in [9.17, 15) is 0 Å². The second-order valence-electron chi connectivity index (χ2n) is 4.90. The molecule has 1 heterocycles. The van der Waals surface area contributed by atoms with Gasteiger partial charge in [-0.15, -0.1) is 0 Å². The van der Waals surface area contributed by atoms with Crippen molar-refractivity contribution < 1.29 is 0 Å². The van der Waals surface area contributed by atoms with Crippen LogP contribution in [0.3, 0.4) is 0 Å². The van der Waals surface area contributed by atoms with Crippen LogP contribution in [-0.2, 0) is 13.0 Å². The number of nitrogens with one attached hydrogen (secondary N) is 1. The number of hydrogen-bond acceptors (Lipinski definition) is 1. The van der Waals surface area contributed by atoms with Crippen LogP contribution in [0.5, 0.6) is 0 Å². The van der Waals surface area contributed by atoms with Gasteiger partial charge in [0.2, 0.25) is 0 Å². The Morgan fingerprint density at radius 3 is 2.88 bits per heavy atom. The van der Waals surface area contributed by atoms with Gasteiger partial charge >= 0.3 is 0 Å². The lowest BCUT2D eigenvalue weighted by Crippen LogP contribution is -2.28. The highest BCUT2D eigenvalue weighted by atomic mass is 14.9. The normalized spacial score (nSPS) is 19.5. The molecular weight excluding hydrogens is 194 g/mol. The summed E-state index contributed by atoms with van der Waals surface area (Å²) in [6, 6.07) is 7.12. The van der Waals surface area contributed by atoms with Crippen molar-refractivity contribution in [3.05, 3.63) is 34.9 Å². The smallest absolute Gasteiger partial charge is 0.0208 e. The molecule has 1 aromatic rings. The van der Waals surface area contributed by atoms with Gasteiger partial charge in [-0.2, -0.15) is 0 Å². The molecule has 1 nitrogen and oxygen atoms in total. The molecule has 0 amide bonds. The minimum absolute atomic E-state index is 0.740. The molecule has 1 aliphatic heterocycles. The van der Waals surface area contributed by atoms with Gasteiger partial charge in [0.25, 0.3) is 0 Å². The second kappa shape index (κ2) is 5.49. The Morgan fingerprint density at radius 2 is 2.12 bits per heavy atom. The number of rotatable bonds is 4. The monoisotopic (exact) mass is 217 g/mol. The van der Waals surface area contributed by atoms with Crippen molar-refractivity contribution in [3.8, 4) is 0 Å². The molecule has 1 unspecified atom stereocenters. The fraction of sp³-hybridized carbons (Fsp3) is 0.600. The van der Waals surface area contributed by atoms with Crippen molar-refractivity contribution in [2.45, 2.75) is 52.0 Å². The number of aryl methyl sites for hydroxylation is 1. The zero-order valence-corrected chi connectivity index (χ0v) is 10.6. The summed E-state index contributed by atoms with van der Waals surface area (Å²) in [6.45, 7) is 6.75. The van der Waals surface area contributed by atoms with Crippen LogP contribution in [0.4, 0.5) is 0 Å². The summed E-state index contributed by atoms with van der Waals surface area (Å²) in [4.78, 5) is 0. The molecule has 0 fully saturated rings. The topological polar surface area (TPSA) is 12.0 Å². The lowest BCUT2D eigenvalue weighted by Gasteiger charge is -2.26. The lowest BCUT2D eigenvalue weighted by atomic mass is 9.86. The van der Waals surface area contributed by atoms with Crippen molar-refractivity contribution in [1.82, 2.24) is 5.32 Å². The predicted molar refractivity (Wildman–Crippen MR) is 69.8 cm³/mol. The van der Waals surface area contributed by atoms with Crippen LogP contribution in [0.25, 0.3) is 0 Å². The molecule has 0 radical (unpaired) electrons. The summed E-state index contributed by atoms with van der Waals surface area (Å²) in [5.41, 5.74) is 4.64. The third kappa shape index (κ3) is 2.46. The Morgan fingerprint density at radius 1 is 1.25 bits per heavy atom. The Bertz CT molecular complexity index is 343. The van der Waals surface area contributed by atoms with Gasteiger partial charge in [0, 0.05) is 13.1 Å². The van der Waals surface area contributed by atoms with Crippen LogP contribution in [0.15, 0.2) is 18.2 Å². The molecule has 0 aliphatic carbocycles. The van der Waals surface area contributed by atoms with E-state index in [2.05, 4.69) is 37.4 Å². The standard InChI is InChI=1S/C15H23N/c1-3-5-12-7-8-15-13(6-4-2)10-16-11-14(15)9-12/h7-9,13,16H,3-6,10-11H2,1-2H3. The SMILES string of the molecule is CCCc1ccc2c(c1)CNCC2CCC. The molecule has 0 saturated carbocycles. The predicted octanol–water partition coefficient (Wildman–Crippen LogP) is 3.63. The molecule has 0 aromatic heterocycles. The summed E-state index contributed by atoms with van der Waals surface area (Å²) in [6.07, 6.45) is 5.05. The zero-order valence-electron chi connectivity index (χ0n) is 10.6. The molecule has 1 N–H and O–H groups in total. The number of fused-ring (bicyclic) bond motifs is 1. The van der Waals surface area contributed by atoms with E-state index < -0.39 is 0 Å². The maximum absolute atomic E-state index is 3.55. The molecule has 1 aromatic carbocycles. The first kappa shape index (κ1) is 11.7. The van der Waals surface area contributed by atoms with Crippen LogP contribution in [0, 0.1) is 0 Å². The first-order chi connectivity index (χ1) is 7.85.